The Morgan fingerprint density at radius 2 is 1.46 bits per heavy atom. The first-order valence-electron chi connectivity index (χ1n) is 10.6. The van der Waals surface area contributed by atoms with Gasteiger partial charge < -0.3 is 25.8 Å². The number of anilines is 3. The van der Waals surface area contributed by atoms with E-state index in [1.807, 2.05) is 60.7 Å². The molecule has 0 saturated heterocycles. The topological polar surface area (TPSA) is 141 Å². The van der Waals surface area contributed by atoms with Crippen LogP contribution in [0, 0.1) is 0 Å². The summed E-state index contributed by atoms with van der Waals surface area (Å²) in [6.07, 6.45) is 0. The summed E-state index contributed by atoms with van der Waals surface area (Å²) in [5, 5.41) is 5.51. The van der Waals surface area contributed by atoms with Crippen LogP contribution in [0.15, 0.2) is 84.9 Å². The number of hydrogen-bond acceptors (Lipinski definition) is 9. The number of nitrogens with zero attached hydrogens (tertiary/aromatic N) is 3. The molecule has 0 aliphatic rings. The van der Waals surface area contributed by atoms with Gasteiger partial charge in [-0.2, -0.15) is 15.0 Å². The fourth-order valence-corrected chi connectivity index (χ4v) is 2.96. The number of carbonyl (C=O) groups is 2. The second-order valence-electron chi connectivity index (χ2n) is 7.21. The van der Waals surface area contributed by atoms with Gasteiger partial charge in [-0.15, -0.1) is 0 Å². The number of nitrogens with one attached hydrogen (secondary N) is 2. The smallest absolute Gasteiger partial charge is 0.325 e. The molecule has 0 aliphatic carbocycles. The van der Waals surface area contributed by atoms with Gasteiger partial charge in [-0.25, -0.2) is 0 Å². The van der Waals surface area contributed by atoms with Gasteiger partial charge in [0.15, 0.2) is 12.4 Å². The Morgan fingerprint density at radius 3 is 2.17 bits per heavy atom. The van der Waals surface area contributed by atoms with Gasteiger partial charge in [0.25, 0.3) is 5.91 Å². The predicted octanol–water partition coefficient (Wildman–Crippen LogP) is 3.46. The summed E-state index contributed by atoms with van der Waals surface area (Å²) in [6.45, 7) is -0.548. The number of nitrogens with two attached hydrogens (primary N) is 1. The highest BCUT2D eigenvalue weighted by molar-refractivity contribution is 5.96. The number of ether oxygens (including phenoxy) is 2. The van der Waals surface area contributed by atoms with E-state index < -0.39 is 11.9 Å². The molecule has 0 bridgehead atoms. The molecule has 0 saturated carbocycles. The van der Waals surface area contributed by atoms with Crippen molar-refractivity contribution >= 4 is 29.5 Å². The molecule has 0 fully saturated rings. The molecule has 35 heavy (non-hydrogen) atoms. The number of carbonyl (C=O) groups excluding carboxylic acids is 2. The minimum absolute atomic E-state index is 0.0162. The van der Waals surface area contributed by atoms with Gasteiger partial charge in [0, 0.05) is 11.3 Å². The van der Waals surface area contributed by atoms with Crippen molar-refractivity contribution < 1.29 is 19.1 Å². The lowest BCUT2D eigenvalue weighted by Gasteiger charge is -2.09. The zero-order valence-electron chi connectivity index (χ0n) is 18.5. The standard InChI is InChI=1S/C25H22N6O4/c26-24-29-21(30-25(31-24)28-18-7-3-1-4-8-18)16-34-22(32)15-27-23(33)17-11-13-20(14-12-17)35-19-9-5-2-6-10-19/h1-14H,15-16H2,(H,27,33)(H3,26,28,29,30,31). The highest BCUT2D eigenvalue weighted by Crippen LogP contribution is 2.21. The second kappa shape index (κ2) is 11.2. The summed E-state index contributed by atoms with van der Waals surface area (Å²) < 4.78 is 10.9. The van der Waals surface area contributed by atoms with Crippen LogP contribution >= 0.6 is 0 Å². The van der Waals surface area contributed by atoms with Crippen LogP contribution in [0.2, 0.25) is 0 Å². The molecule has 10 nitrogen and oxygen atoms in total. The van der Waals surface area contributed by atoms with E-state index in [1.54, 1.807) is 24.3 Å². The molecule has 4 aromatic rings. The highest BCUT2D eigenvalue weighted by atomic mass is 16.5. The largest absolute Gasteiger partial charge is 0.457 e. The summed E-state index contributed by atoms with van der Waals surface area (Å²) in [7, 11) is 0. The summed E-state index contributed by atoms with van der Waals surface area (Å²) in [5.41, 5.74) is 6.87. The summed E-state index contributed by atoms with van der Waals surface area (Å²) in [4.78, 5) is 36.6. The number of hydrogen-bond donors (Lipinski definition) is 3. The minimum atomic E-state index is -0.654. The molecule has 0 unspecified atom stereocenters. The molecule has 4 N–H and O–H groups in total. The Morgan fingerprint density at radius 1 is 0.800 bits per heavy atom. The van der Waals surface area contributed by atoms with Crippen LogP contribution in [0.4, 0.5) is 17.6 Å². The van der Waals surface area contributed by atoms with Crippen molar-refractivity contribution in [3.05, 3.63) is 96.3 Å². The van der Waals surface area contributed by atoms with E-state index in [4.69, 9.17) is 15.2 Å². The molecule has 3 aromatic carbocycles. The molecule has 1 aromatic heterocycles. The predicted molar refractivity (Wildman–Crippen MR) is 129 cm³/mol. The van der Waals surface area contributed by atoms with Crippen molar-refractivity contribution in [2.75, 3.05) is 17.6 Å². The number of esters is 1. The Balaban J connectivity index is 1.25. The number of rotatable bonds is 9. The van der Waals surface area contributed by atoms with E-state index in [9.17, 15) is 9.59 Å². The summed E-state index contributed by atoms with van der Waals surface area (Å²) >= 11 is 0. The molecule has 1 amide bonds. The lowest BCUT2D eigenvalue weighted by atomic mass is 10.2. The SMILES string of the molecule is Nc1nc(COC(=O)CNC(=O)c2ccc(Oc3ccccc3)cc2)nc(Nc2ccccc2)n1. The average Bonchev–Trinajstić information content (AvgIpc) is 2.87. The maximum absolute atomic E-state index is 12.3. The van der Waals surface area contributed by atoms with Gasteiger partial charge in [-0.3, -0.25) is 9.59 Å². The lowest BCUT2D eigenvalue weighted by molar-refractivity contribution is -0.143. The third kappa shape index (κ3) is 6.99. The van der Waals surface area contributed by atoms with Gasteiger partial charge in [-0.1, -0.05) is 36.4 Å². The zero-order valence-corrected chi connectivity index (χ0v) is 18.5. The van der Waals surface area contributed by atoms with E-state index in [2.05, 4.69) is 25.6 Å². The average molecular weight is 470 g/mol. The van der Waals surface area contributed by atoms with Crippen molar-refractivity contribution in [1.82, 2.24) is 20.3 Å². The van der Waals surface area contributed by atoms with Gasteiger partial charge in [0.05, 0.1) is 0 Å². The number of amides is 1. The van der Waals surface area contributed by atoms with Gasteiger partial charge in [-0.05, 0) is 48.5 Å². The number of para-hydroxylation sites is 2. The molecule has 4 rings (SSSR count). The van der Waals surface area contributed by atoms with Crippen molar-refractivity contribution in [2.45, 2.75) is 6.61 Å². The molecule has 10 heteroatoms. The molecular weight excluding hydrogens is 448 g/mol. The van der Waals surface area contributed by atoms with Crippen LogP contribution in [0.1, 0.15) is 16.2 Å². The molecule has 0 radical (unpaired) electrons. The van der Waals surface area contributed by atoms with Crippen LogP contribution in [-0.4, -0.2) is 33.4 Å². The molecular formula is C25H22N6O4. The minimum Gasteiger partial charge on any atom is -0.457 e. The van der Waals surface area contributed by atoms with Crippen LogP contribution in [0.5, 0.6) is 11.5 Å². The van der Waals surface area contributed by atoms with Crippen LogP contribution in [0.3, 0.4) is 0 Å². The van der Waals surface area contributed by atoms with E-state index in [0.29, 0.717) is 17.1 Å². The normalized spacial score (nSPS) is 10.3. The van der Waals surface area contributed by atoms with Crippen molar-refractivity contribution in [3.8, 4) is 11.5 Å². The van der Waals surface area contributed by atoms with Gasteiger partial charge in [0.2, 0.25) is 11.9 Å². The molecule has 176 valence electrons. The quantitative estimate of drug-likeness (QED) is 0.314. The molecule has 0 spiro atoms. The van der Waals surface area contributed by atoms with E-state index >= 15 is 0 Å². The highest BCUT2D eigenvalue weighted by Gasteiger charge is 2.12. The monoisotopic (exact) mass is 470 g/mol. The Hall–Kier alpha value is -4.99. The molecule has 0 atom stereocenters. The van der Waals surface area contributed by atoms with Gasteiger partial charge in [0.1, 0.15) is 18.0 Å². The maximum Gasteiger partial charge on any atom is 0.325 e. The van der Waals surface area contributed by atoms with Crippen molar-refractivity contribution in [1.29, 1.82) is 0 Å². The van der Waals surface area contributed by atoms with Crippen LogP contribution in [0.25, 0.3) is 0 Å². The number of benzene rings is 3. The van der Waals surface area contributed by atoms with Gasteiger partial charge >= 0.3 is 5.97 Å². The maximum atomic E-state index is 12.3. The fourth-order valence-electron chi connectivity index (χ4n) is 2.96. The van der Waals surface area contributed by atoms with E-state index in [-0.39, 0.29) is 30.9 Å². The van der Waals surface area contributed by atoms with Crippen molar-refractivity contribution in [2.24, 2.45) is 0 Å². The Kier molecular flexibility index (Phi) is 7.44. The zero-order chi connectivity index (χ0) is 24.5. The second-order valence-corrected chi connectivity index (χ2v) is 7.21. The number of nitrogen functional groups attached to an aromatic ring is 1. The third-order valence-electron chi connectivity index (χ3n) is 4.58. The van der Waals surface area contributed by atoms with E-state index in [0.717, 1.165) is 5.69 Å². The molecule has 0 aliphatic heterocycles. The van der Waals surface area contributed by atoms with Crippen LogP contribution in [-0.2, 0) is 16.1 Å². The first kappa shape index (κ1) is 23.2. The van der Waals surface area contributed by atoms with Crippen molar-refractivity contribution in [3.63, 3.8) is 0 Å². The first-order chi connectivity index (χ1) is 17.0. The fraction of sp³-hybridized carbons (Fsp3) is 0.0800. The van der Waals surface area contributed by atoms with E-state index in [1.165, 1.54) is 0 Å². The van der Waals surface area contributed by atoms with Crippen LogP contribution < -0.4 is 21.1 Å². The summed E-state index contributed by atoms with van der Waals surface area (Å²) in [5.74, 6) is 0.580. The molecule has 1 heterocycles. The Bertz CT molecular complexity index is 1280. The third-order valence-corrected chi connectivity index (χ3v) is 4.58. The summed E-state index contributed by atoms with van der Waals surface area (Å²) in [6, 6.07) is 25.1. The number of aromatic nitrogens is 3. The first-order valence-corrected chi connectivity index (χ1v) is 10.6. The lowest BCUT2D eigenvalue weighted by Crippen LogP contribution is -2.30. The Labute approximate surface area is 201 Å².